The third-order valence-corrected chi connectivity index (χ3v) is 5.69. The van der Waals surface area contributed by atoms with E-state index in [0.29, 0.717) is 11.3 Å². The second-order valence-corrected chi connectivity index (χ2v) is 7.66. The van der Waals surface area contributed by atoms with Crippen molar-refractivity contribution in [3.63, 3.8) is 0 Å². The molecule has 0 aliphatic rings. The number of thiazole rings is 1. The van der Waals surface area contributed by atoms with Gasteiger partial charge in [-0.15, -0.1) is 11.3 Å². The minimum absolute atomic E-state index is 0.0386. The summed E-state index contributed by atoms with van der Waals surface area (Å²) in [5.74, 6) is -0.0782. The number of nitrogens with zero attached hydrogens (tertiary/aromatic N) is 1. The number of carbonyl (C=O) groups is 1. The molecule has 0 bridgehead atoms. The van der Waals surface area contributed by atoms with Crippen molar-refractivity contribution in [1.82, 2.24) is 10.3 Å². The molecule has 0 aliphatic heterocycles. The van der Waals surface area contributed by atoms with Crippen molar-refractivity contribution in [1.29, 1.82) is 0 Å². The fourth-order valence-corrected chi connectivity index (χ4v) is 3.71. The van der Waals surface area contributed by atoms with Crippen molar-refractivity contribution in [2.75, 3.05) is 6.61 Å². The summed E-state index contributed by atoms with van der Waals surface area (Å²) in [6.07, 6.45) is 1.46. The van der Waals surface area contributed by atoms with Crippen molar-refractivity contribution in [3.05, 3.63) is 51.5 Å². The number of amides is 1. The Morgan fingerprint density at radius 2 is 2.00 bits per heavy atom. The first-order valence-corrected chi connectivity index (χ1v) is 9.13. The Morgan fingerprint density at radius 3 is 2.62 bits per heavy atom. The second-order valence-electron chi connectivity index (χ2n) is 6.66. The van der Waals surface area contributed by atoms with Crippen molar-refractivity contribution < 1.29 is 9.90 Å². The van der Waals surface area contributed by atoms with Gasteiger partial charge in [0.05, 0.1) is 5.69 Å². The first kappa shape index (κ1) is 18.6. The van der Waals surface area contributed by atoms with E-state index in [2.05, 4.69) is 36.3 Å². The van der Waals surface area contributed by atoms with E-state index in [1.54, 1.807) is 0 Å². The fourth-order valence-electron chi connectivity index (χ4n) is 2.61. The van der Waals surface area contributed by atoms with Crippen molar-refractivity contribution >= 4 is 17.2 Å². The lowest BCUT2D eigenvalue weighted by atomic mass is 9.85. The SMILES string of the molecule is Cc1nc(C(C)(C)c2ccccc2)sc1C(=O)NC(C)CCCO. The molecule has 4 nitrogen and oxygen atoms in total. The number of benzene rings is 1. The lowest BCUT2D eigenvalue weighted by molar-refractivity contribution is 0.0939. The van der Waals surface area contributed by atoms with Gasteiger partial charge in [-0.05, 0) is 46.1 Å². The predicted octanol–water partition coefficient (Wildman–Crippen LogP) is 3.67. The van der Waals surface area contributed by atoms with Gasteiger partial charge in [0.25, 0.3) is 5.91 Å². The summed E-state index contributed by atoms with van der Waals surface area (Å²) < 4.78 is 0. The Bertz CT molecular complexity index is 680. The molecule has 1 amide bonds. The molecule has 0 saturated carbocycles. The Kier molecular flexibility index (Phi) is 6.13. The van der Waals surface area contributed by atoms with Crippen LogP contribution in [0, 0.1) is 6.92 Å². The van der Waals surface area contributed by atoms with Crippen molar-refractivity contribution in [2.24, 2.45) is 0 Å². The van der Waals surface area contributed by atoms with Crippen LogP contribution in [0.4, 0.5) is 0 Å². The van der Waals surface area contributed by atoms with Crippen LogP contribution in [-0.2, 0) is 5.41 Å². The van der Waals surface area contributed by atoms with Gasteiger partial charge in [-0.1, -0.05) is 30.3 Å². The van der Waals surface area contributed by atoms with Crippen LogP contribution in [0.3, 0.4) is 0 Å². The highest BCUT2D eigenvalue weighted by molar-refractivity contribution is 7.14. The van der Waals surface area contributed by atoms with Gasteiger partial charge in [-0.3, -0.25) is 4.79 Å². The van der Waals surface area contributed by atoms with E-state index < -0.39 is 0 Å². The summed E-state index contributed by atoms with van der Waals surface area (Å²) in [5.41, 5.74) is 1.71. The third-order valence-electron chi connectivity index (χ3n) is 4.21. The molecule has 0 radical (unpaired) electrons. The number of aliphatic hydroxyl groups excluding tert-OH is 1. The summed E-state index contributed by atoms with van der Waals surface area (Å²) >= 11 is 1.46. The molecule has 2 N–H and O–H groups in total. The number of carbonyl (C=O) groups excluding carboxylic acids is 1. The van der Waals surface area contributed by atoms with E-state index >= 15 is 0 Å². The van der Waals surface area contributed by atoms with Gasteiger partial charge < -0.3 is 10.4 Å². The molecular weight excluding hydrogens is 320 g/mol. The lowest BCUT2D eigenvalue weighted by Gasteiger charge is -2.22. The number of aromatic nitrogens is 1. The van der Waals surface area contributed by atoms with Crippen LogP contribution in [0.25, 0.3) is 0 Å². The monoisotopic (exact) mass is 346 g/mol. The summed E-state index contributed by atoms with van der Waals surface area (Å²) in [6, 6.07) is 10.3. The van der Waals surface area contributed by atoms with Gasteiger partial charge in [0.15, 0.2) is 0 Å². The molecule has 1 unspecified atom stereocenters. The minimum Gasteiger partial charge on any atom is -0.396 e. The summed E-state index contributed by atoms with van der Waals surface area (Å²) in [7, 11) is 0. The van der Waals surface area contributed by atoms with Gasteiger partial charge >= 0.3 is 0 Å². The molecule has 2 aromatic rings. The molecule has 1 atom stereocenters. The Hall–Kier alpha value is -1.72. The quantitative estimate of drug-likeness (QED) is 0.804. The zero-order valence-electron chi connectivity index (χ0n) is 14.8. The van der Waals surface area contributed by atoms with E-state index in [1.807, 2.05) is 32.0 Å². The van der Waals surface area contributed by atoms with Gasteiger partial charge in [0.2, 0.25) is 0 Å². The second kappa shape index (κ2) is 7.90. The highest BCUT2D eigenvalue weighted by Gasteiger charge is 2.29. The van der Waals surface area contributed by atoms with Gasteiger partial charge in [-0.25, -0.2) is 4.98 Å². The maximum absolute atomic E-state index is 12.5. The molecule has 0 fully saturated rings. The Morgan fingerprint density at radius 1 is 1.33 bits per heavy atom. The molecule has 0 spiro atoms. The van der Waals surface area contributed by atoms with E-state index in [9.17, 15) is 4.79 Å². The summed E-state index contributed by atoms with van der Waals surface area (Å²) in [4.78, 5) is 17.9. The predicted molar refractivity (Wildman–Crippen MR) is 98.7 cm³/mol. The van der Waals surface area contributed by atoms with Crippen molar-refractivity contribution in [3.8, 4) is 0 Å². The summed E-state index contributed by atoms with van der Waals surface area (Å²) in [6.45, 7) is 8.25. The van der Waals surface area contributed by atoms with E-state index in [1.165, 1.54) is 16.9 Å². The molecule has 1 aromatic carbocycles. The normalized spacial score (nSPS) is 12.9. The van der Waals surface area contributed by atoms with Crippen LogP contribution < -0.4 is 5.32 Å². The molecule has 130 valence electrons. The van der Waals surface area contributed by atoms with Gasteiger partial charge in [-0.2, -0.15) is 0 Å². The maximum atomic E-state index is 12.5. The molecule has 0 saturated heterocycles. The molecule has 5 heteroatoms. The van der Waals surface area contributed by atoms with Crippen LogP contribution in [0.5, 0.6) is 0 Å². The standard InChI is InChI=1S/C19H26N2O2S/c1-13(9-8-12-22)20-17(23)16-14(2)21-18(24-16)19(3,4)15-10-6-5-7-11-15/h5-7,10-11,13,22H,8-9,12H2,1-4H3,(H,20,23). The number of hydrogen-bond donors (Lipinski definition) is 2. The molecule has 24 heavy (non-hydrogen) atoms. The number of nitrogens with one attached hydrogen (secondary N) is 1. The number of aryl methyl sites for hydroxylation is 1. The summed E-state index contributed by atoms with van der Waals surface area (Å²) in [5, 5.41) is 12.8. The molecular formula is C19H26N2O2S. The first-order valence-electron chi connectivity index (χ1n) is 8.31. The topological polar surface area (TPSA) is 62.2 Å². The van der Waals surface area contributed by atoms with Gasteiger partial charge in [0, 0.05) is 18.1 Å². The molecule has 0 aliphatic carbocycles. The van der Waals surface area contributed by atoms with Crippen molar-refractivity contribution in [2.45, 2.75) is 52.0 Å². The fraction of sp³-hybridized carbons (Fsp3) is 0.474. The van der Waals surface area contributed by atoms with E-state index in [-0.39, 0.29) is 24.0 Å². The average Bonchev–Trinajstić information content (AvgIpc) is 2.96. The minimum atomic E-state index is -0.238. The first-order chi connectivity index (χ1) is 11.4. The lowest BCUT2D eigenvalue weighted by Crippen LogP contribution is -2.32. The van der Waals surface area contributed by atoms with Crippen LogP contribution in [0.15, 0.2) is 30.3 Å². The highest BCUT2D eigenvalue weighted by Crippen LogP contribution is 2.35. The number of hydrogen-bond acceptors (Lipinski definition) is 4. The largest absolute Gasteiger partial charge is 0.396 e. The smallest absolute Gasteiger partial charge is 0.263 e. The van der Waals surface area contributed by atoms with E-state index in [0.717, 1.165) is 17.1 Å². The third kappa shape index (κ3) is 4.22. The van der Waals surface area contributed by atoms with E-state index in [4.69, 9.17) is 5.11 Å². The van der Waals surface area contributed by atoms with Crippen LogP contribution in [0.2, 0.25) is 0 Å². The average molecular weight is 346 g/mol. The number of aliphatic hydroxyl groups is 1. The van der Waals surface area contributed by atoms with Crippen LogP contribution >= 0.6 is 11.3 Å². The zero-order valence-corrected chi connectivity index (χ0v) is 15.6. The zero-order chi connectivity index (χ0) is 17.7. The van der Waals surface area contributed by atoms with Crippen LogP contribution in [-0.4, -0.2) is 28.6 Å². The Balaban J connectivity index is 2.19. The van der Waals surface area contributed by atoms with Gasteiger partial charge in [0.1, 0.15) is 9.88 Å². The van der Waals surface area contributed by atoms with Crippen LogP contribution in [0.1, 0.15) is 59.5 Å². The molecule has 2 rings (SSSR count). The highest BCUT2D eigenvalue weighted by atomic mass is 32.1. The molecule has 1 aromatic heterocycles. The Labute approximate surface area is 148 Å². The number of rotatable bonds is 7. The maximum Gasteiger partial charge on any atom is 0.263 e. The molecule has 1 heterocycles.